The molecule has 0 aliphatic heterocycles. The van der Waals surface area contributed by atoms with Crippen molar-refractivity contribution in [2.24, 2.45) is 11.8 Å². The van der Waals surface area contributed by atoms with Crippen LogP contribution >= 0.6 is 0 Å². The minimum absolute atomic E-state index is 0.145. The topological polar surface area (TPSA) is 52.6 Å². The molecule has 1 aliphatic carbocycles. The van der Waals surface area contributed by atoms with Crippen LogP contribution in [0.5, 0.6) is 0 Å². The van der Waals surface area contributed by atoms with Gasteiger partial charge in [-0.25, -0.2) is 0 Å². The van der Waals surface area contributed by atoms with Crippen LogP contribution in [0.15, 0.2) is 0 Å². The van der Waals surface area contributed by atoms with Gasteiger partial charge in [-0.15, -0.1) is 0 Å². The number of carbonyl (C=O) groups is 2. The molecule has 1 aliphatic rings. The summed E-state index contributed by atoms with van der Waals surface area (Å²) in [6, 6.07) is 0. The van der Waals surface area contributed by atoms with E-state index in [0.717, 1.165) is 25.7 Å². The Morgan fingerprint density at radius 1 is 0.833 bits per heavy atom. The first-order valence-electron chi connectivity index (χ1n) is 6.82. The van der Waals surface area contributed by atoms with Crippen LogP contribution < -0.4 is 0 Å². The van der Waals surface area contributed by atoms with Crippen LogP contribution in [0.3, 0.4) is 0 Å². The first-order valence-corrected chi connectivity index (χ1v) is 6.82. The summed E-state index contributed by atoms with van der Waals surface area (Å²) >= 11 is 0. The average molecular weight is 256 g/mol. The van der Waals surface area contributed by atoms with E-state index in [2.05, 4.69) is 0 Å². The van der Waals surface area contributed by atoms with Gasteiger partial charge in [-0.1, -0.05) is 27.7 Å². The third-order valence-corrected chi connectivity index (χ3v) is 3.12. The lowest BCUT2D eigenvalue weighted by Gasteiger charge is -2.31. The van der Waals surface area contributed by atoms with E-state index in [4.69, 9.17) is 9.47 Å². The summed E-state index contributed by atoms with van der Waals surface area (Å²) in [5.41, 5.74) is 0. The molecule has 4 heteroatoms. The monoisotopic (exact) mass is 256 g/mol. The molecule has 1 saturated carbocycles. The molecule has 0 aromatic heterocycles. The molecule has 1 fully saturated rings. The molecule has 0 bridgehead atoms. The predicted octanol–water partition coefficient (Wildman–Crippen LogP) is 2.70. The largest absolute Gasteiger partial charge is 0.458 e. The van der Waals surface area contributed by atoms with Gasteiger partial charge in [0.2, 0.25) is 0 Å². The van der Waals surface area contributed by atoms with Gasteiger partial charge in [-0.05, 0) is 25.7 Å². The standard InChI is InChI=1S/C14H24O4/c1-9(2)13(15)17-11-7-5-6-8-12(11)18-14(16)10(3)4/h9-12H,5-8H2,1-4H3. The Kier molecular flexibility index (Phi) is 5.63. The van der Waals surface area contributed by atoms with Gasteiger partial charge in [0.15, 0.2) is 0 Å². The van der Waals surface area contributed by atoms with E-state index in [0.29, 0.717) is 0 Å². The zero-order valence-electron chi connectivity index (χ0n) is 11.8. The molecule has 1 rings (SSSR count). The van der Waals surface area contributed by atoms with E-state index in [1.165, 1.54) is 0 Å². The van der Waals surface area contributed by atoms with Crippen LogP contribution in [0.4, 0.5) is 0 Å². The lowest BCUT2D eigenvalue weighted by atomic mass is 9.94. The molecule has 0 aromatic carbocycles. The highest BCUT2D eigenvalue weighted by Crippen LogP contribution is 2.25. The fourth-order valence-corrected chi connectivity index (χ4v) is 1.90. The lowest BCUT2D eigenvalue weighted by molar-refractivity contribution is -0.175. The first kappa shape index (κ1) is 15.0. The van der Waals surface area contributed by atoms with E-state index >= 15 is 0 Å². The molecular weight excluding hydrogens is 232 g/mol. The maximum Gasteiger partial charge on any atom is 0.308 e. The summed E-state index contributed by atoms with van der Waals surface area (Å²) < 4.78 is 10.9. The van der Waals surface area contributed by atoms with Crippen molar-refractivity contribution >= 4 is 11.9 Å². The maximum absolute atomic E-state index is 11.6. The van der Waals surface area contributed by atoms with Crippen LogP contribution in [0.25, 0.3) is 0 Å². The van der Waals surface area contributed by atoms with Crippen LogP contribution in [-0.2, 0) is 19.1 Å². The molecule has 0 saturated heterocycles. The summed E-state index contributed by atoms with van der Waals surface area (Å²) in [6.45, 7) is 7.22. The Bertz CT molecular complexity index is 266. The van der Waals surface area contributed by atoms with Gasteiger partial charge in [0, 0.05) is 0 Å². The summed E-state index contributed by atoms with van der Waals surface area (Å²) in [4.78, 5) is 23.2. The molecule has 0 amide bonds. The normalized spacial score (nSPS) is 24.1. The number of hydrogen-bond donors (Lipinski definition) is 0. The molecule has 18 heavy (non-hydrogen) atoms. The Balaban J connectivity index is 2.57. The molecule has 0 aromatic rings. The third kappa shape index (κ3) is 4.31. The maximum atomic E-state index is 11.6. The fourth-order valence-electron chi connectivity index (χ4n) is 1.90. The molecule has 104 valence electrons. The first-order chi connectivity index (χ1) is 8.41. The van der Waals surface area contributed by atoms with Crippen molar-refractivity contribution in [3.63, 3.8) is 0 Å². The molecule has 0 spiro atoms. The van der Waals surface area contributed by atoms with Gasteiger partial charge in [-0.2, -0.15) is 0 Å². The molecule has 2 unspecified atom stereocenters. The predicted molar refractivity (Wildman–Crippen MR) is 67.9 cm³/mol. The number of esters is 2. The fraction of sp³-hybridized carbons (Fsp3) is 0.857. The molecule has 0 N–H and O–H groups in total. The molecule has 0 radical (unpaired) electrons. The van der Waals surface area contributed by atoms with Crippen LogP contribution in [0, 0.1) is 11.8 Å². The number of hydrogen-bond acceptors (Lipinski definition) is 4. The Labute approximate surface area is 109 Å². The highest BCUT2D eigenvalue weighted by molar-refractivity contribution is 5.72. The summed E-state index contributed by atoms with van der Waals surface area (Å²) in [5.74, 6) is -0.721. The zero-order chi connectivity index (χ0) is 13.7. The van der Waals surface area contributed by atoms with Gasteiger partial charge >= 0.3 is 11.9 Å². The average Bonchev–Trinajstić information content (AvgIpc) is 2.31. The van der Waals surface area contributed by atoms with Crippen molar-refractivity contribution in [1.29, 1.82) is 0 Å². The van der Waals surface area contributed by atoms with E-state index < -0.39 is 0 Å². The van der Waals surface area contributed by atoms with Gasteiger partial charge in [0.1, 0.15) is 12.2 Å². The van der Waals surface area contributed by atoms with Gasteiger partial charge in [0.25, 0.3) is 0 Å². The quantitative estimate of drug-likeness (QED) is 0.726. The molecular formula is C14H24O4. The van der Waals surface area contributed by atoms with Crippen molar-refractivity contribution in [3.8, 4) is 0 Å². The number of rotatable bonds is 4. The van der Waals surface area contributed by atoms with E-state index in [1.54, 1.807) is 27.7 Å². The second-order valence-corrected chi connectivity index (χ2v) is 5.54. The van der Waals surface area contributed by atoms with Crippen molar-refractivity contribution < 1.29 is 19.1 Å². The highest BCUT2D eigenvalue weighted by Gasteiger charge is 2.32. The molecule has 2 atom stereocenters. The summed E-state index contributed by atoms with van der Waals surface area (Å²) in [5, 5.41) is 0. The van der Waals surface area contributed by atoms with Gasteiger partial charge in [-0.3, -0.25) is 9.59 Å². The van der Waals surface area contributed by atoms with Crippen LogP contribution in [0.1, 0.15) is 53.4 Å². The second-order valence-electron chi connectivity index (χ2n) is 5.54. The van der Waals surface area contributed by atoms with Gasteiger partial charge in [0.05, 0.1) is 11.8 Å². The second kappa shape index (κ2) is 6.76. The Hall–Kier alpha value is -1.06. The van der Waals surface area contributed by atoms with E-state index in [9.17, 15) is 9.59 Å². The molecule has 0 heterocycles. The van der Waals surface area contributed by atoms with Crippen molar-refractivity contribution in [2.75, 3.05) is 0 Å². The van der Waals surface area contributed by atoms with E-state index in [-0.39, 0.29) is 36.0 Å². The minimum Gasteiger partial charge on any atom is -0.458 e. The van der Waals surface area contributed by atoms with Crippen molar-refractivity contribution in [3.05, 3.63) is 0 Å². The third-order valence-electron chi connectivity index (χ3n) is 3.12. The van der Waals surface area contributed by atoms with E-state index in [1.807, 2.05) is 0 Å². The smallest absolute Gasteiger partial charge is 0.308 e. The van der Waals surface area contributed by atoms with Crippen LogP contribution in [-0.4, -0.2) is 24.1 Å². The highest BCUT2D eigenvalue weighted by atomic mass is 16.6. The van der Waals surface area contributed by atoms with Crippen molar-refractivity contribution in [2.45, 2.75) is 65.6 Å². The molecule has 4 nitrogen and oxygen atoms in total. The van der Waals surface area contributed by atoms with Crippen LogP contribution in [0.2, 0.25) is 0 Å². The summed E-state index contributed by atoms with van der Waals surface area (Å²) in [6.07, 6.45) is 3.08. The number of carbonyl (C=O) groups excluding carboxylic acids is 2. The Morgan fingerprint density at radius 2 is 1.17 bits per heavy atom. The lowest BCUT2D eigenvalue weighted by Crippen LogP contribution is -2.39. The zero-order valence-corrected chi connectivity index (χ0v) is 11.8. The Morgan fingerprint density at radius 3 is 1.44 bits per heavy atom. The summed E-state index contributed by atoms with van der Waals surface area (Å²) in [7, 11) is 0. The minimum atomic E-state index is -0.267. The van der Waals surface area contributed by atoms with Crippen molar-refractivity contribution in [1.82, 2.24) is 0 Å². The number of ether oxygens (including phenoxy) is 2. The SMILES string of the molecule is CC(C)C(=O)OC1CCCCC1OC(=O)C(C)C. The van der Waals surface area contributed by atoms with Gasteiger partial charge < -0.3 is 9.47 Å².